The second kappa shape index (κ2) is 5.33. The predicted octanol–water partition coefficient (Wildman–Crippen LogP) is 2.65. The zero-order valence-electron chi connectivity index (χ0n) is 12.5. The highest BCUT2D eigenvalue weighted by Gasteiger charge is 2.23. The van der Waals surface area contributed by atoms with E-state index in [2.05, 4.69) is 33.5 Å². The molecule has 0 spiro atoms. The van der Waals surface area contributed by atoms with E-state index in [-0.39, 0.29) is 0 Å². The van der Waals surface area contributed by atoms with E-state index >= 15 is 0 Å². The van der Waals surface area contributed by atoms with Crippen LogP contribution >= 0.6 is 12.2 Å². The van der Waals surface area contributed by atoms with Crippen LogP contribution in [0.15, 0.2) is 0 Å². The number of aryl methyl sites for hydroxylation is 2. The lowest BCUT2D eigenvalue weighted by Gasteiger charge is -2.30. The number of aromatic amines is 1. The predicted molar refractivity (Wildman–Crippen MR) is 83.7 cm³/mol. The smallest absolute Gasteiger partial charge is 0.179 e. The van der Waals surface area contributed by atoms with Crippen LogP contribution in [0.4, 0.5) is 0 Å². The number of hydrogen-bond donors (Lipinski definition) is 1. The summed E-state index contributed by atoms with van der Waals surface area (Å²) in [5.74, 6) is 0. The molecule has 0 unspecified atom stereocenters. The lowest BCUT2D eigenvalue weighted by Crippen LogP contribution is -2.31. The van der Waals surface area contributed by atoms with Crippen LogP contribution in [0.2, 0.25) is 0 Å². The van der Waals surface area contributed by atoms with Crippen molar-refractivity contribution >= 4 is 23.4 Å². The molecule has 0 amide bonds. The van der Waals surface area contributed by atoms with Crippen LogP contribution < -0.4 is 0 Å². The van der Waals surface area contributed by atoms with Gasteiger partial charge >= 0.3 is 0 Å². The lowest BCUT2D eigenvalue weighted by atomic mass is 10.1. The SMILES string of the molecule is CCCc1nn(C)c2c1[nH]c(=S)n2C1CCN(C)CC1. The van der Waals surface area contributed by atoms with Crippen molar-refractivity contribution in [2.45, 2.75) is 38.6 Å². The molecule has 2 aromatic heterocycles. The Balaban J connectivity index is 2.06. The molecule has 1 aliphatic heterocycles. The molecule has 5 nitrogen and oxygen atoms in total. The average Bonchev–Trinajstić information content (AvgIpc) is 2.90. The highest BCUT2D eigenvalue weighted by molar-refractivity contribution is 7.71. The summed E-state index contributed by atoms with van der Waals surface area (Å²) in [6.07, 6.45) is 4.42. The molecule has 0 radical (unpaired) electrons. The molecule has 1 N–H and O–H groups in total. The first-order valence-electron chi connectivity index (χ1n) is 7.46. The molecule has 110 valence electrons. The van der Waals surface area contributed by atoms with E-state index in [1.807, 2.05) is 11.7 Å². The zero-order chi connectivity index (χ0) is 14.3. The summed E-state index contributed by atoms with van der Waals surface area (Å²) in [5, 5.41) is 4.66. The largest absolute Gasteiger partial charge is 0.328 e. The minimum Gasteiger partial charge on any atom is -0.328 e. The summed E-state index contributed by atoms with van der Waals surface area (Å²) in [6.45, 7) is 4.46. The van der Waals surface area contributed by atoms with Crippen molar-refractivity contribution in [2.75, 3.05) is 20.1 Å². The Bertz CT molecular complexity index is 657. The van der Waals surface area contributed by atoms with Gasteiger partial charge in [0.1, 0.15) is 5.52 Å². The van der Waals surface area contributed by atoms with Crippen molar-refractivity contribution in [1.82, 2.24) is 24.2 Å². The van der Waals surface area contributed by atoms with Gasteiger partial charge in [0, 0.05) is 13.1 Å². The summed E-state index contributed by atoms with van der Waals surface area (Å²) >= 11 is 5.57. The van der Waals surface area contributed by atoms with Crippen LogP contribution in [0.3, 0.4) is 0 Å². The van der Waals surface area contributed by atoms with Crippen molar-refractivity contribution < 1.29 is 0 Å². The number of H-pyrrole nitrogens is 1. The average molecular weight is 293 g/mol. The van der Waals surface area contributed by atoms with E-state index in [1.165, 1.54) is 0 Å². The fourth-order valence-corrected chi connectivity index (χ4v) is 3.58. The van der Waals surface area contributed by atoms with Crippen molar-refractivity contribution in [1.29, 1.82) is 0 Å². The van der Waals surface area contributed by atoms with Crippen molar-refractivity contribution in [3.8, 4) is 0 Å². The highest BCUT2D eigenvalue weighted by atomic mass is 32.1. The van der Waals surface area contributed by atoms with Crippen LogP contribution in [-0.2, 0) is 13.5 Å². The summed E-state index contributed by atoms with van der Waals surface area (Å²) < 4.78 is 5.13. The quantitative estimate of drug-likeness (QED) is 0.885. The van der Waals surface area contributed by atoms with Crippen LogP contribution in [-0.4, -0.2) is 44.4 Å². The number of imidazole rings is 1. The number of rotatable bonds is 3. The first-order chi connectivity index (χ1) is 9.61. The fourth-order valence-electron chi connectivity index (χ4n) is 3.24. The van der Waals surface area contributed by atoms with E-state index in [4.69, 9.17) is 12.2 Å². The highest BCUT2D eigenvalue weighted by Crippen LogP contribution is 2.28. The molecule has 0 atom stereocenters. The molecular formula is C14H23N5S. The third-order valence-corrected chi connectivity index (χ3v) is 4.61. The third-order valence-electron chi connectivity index (χ3n) is 4.31. The molecule has 0 saturated carbocycles. The number of piperidine rings is 1. The molecule has 2 aromatic rings. The van der Waals surface area contributed by atoms with Crippen molar-refractivity contribution in [3.05, 3.63) is 10.5 Å². The molecule has 1 saturated heterocycles. The van der Waals surface area contributed by atoms with Gasteiger partial charge in [0.15, 0.2) is 10.4 Å². The number of hydrogen-bond acceptors (Lipinski definition) is 3. The Morgan fingerprint density at radius 1 is 1.30 bits per heavy atom. The fraction of sp³-hybridized carbons (Fsp3) is 0.714. The van der Waals surface area contributed by atoms with E-state index in [0.717, 1.165) is 60.4 Å². The van der Waals surface area contributed by atoms with Crippen molar-refractivity contribution in [2.24, 2.45) is 7.05 Å². The number of likely N-dealkylation sites (tertiary alicyclic amines) is 1. The van der Waals surface area contributed by atoms with Crippen molar-refractivity contribution in [3.63, 3.8) is 0 Å². The molecular weight excluding hydrogens is 270 g/mol. The summed E-state index contributed by atoms with van der Waals surface area (Å²) in [6, 6.07) is 0.498. The molecule has 0 aromatic carbocycles. The maximum absolute atomic E-state index is 5.57. The molecule has 3 rings (SSSR count). The minimum atomic E-state index is 0.498. The van der Waals surface area contributed by atoms with Crippen LogP contribution in [0.1, 0.15) is 37.9 Å². The maximum atomic E-state index is 5.57. The number of aromatic nitrogens is 4. The number of fused-ring (bicyclic) bond motifs is 1. The Labute approximate surface area is 124 Å². The minimum absolute atomic E-state index is 0.498. The number of nitrogens with zero attached hydrogens (tertiary/aromatic N) is 4. The third kappa shape index (κ3) is 2.20. The molecule has 1 aliphatic rings. The second-order valence-electron chi connectivity index (χ2n) is 5.85. The van der Waals surface area contributed by atoms with Crippen LogP contribution in [0.5, 0.6) is 0 Å². The molecule has 1 fully saturated rings. The van der Waals surface area contributed by atoms with E-state index in [9.17, 15) is 0 Å². The van der Waals surface area contributed by atoms with Gasteiger partial charge in [-0.3, -0.25) is 9.25 Å². The first-order valence-corrected chi connectivity index (χ1v) is 7.87. The summed E-state index contributed by atoms with van der Waals surface area (Å²) in [7, 11) is 4.21. The summed E-state index contributed by atoms with van der Waals surface area (Å²) in [5.41, 5.74) is 3.44. The molecule has 0 aliphatic carbocycles. The van der Waals surface area contributed by atoms with Gasteiger partial charge in [-0.1, -0.05) is 13.3 Å². The van der Waals surface area contributed by atoms with E-state index in [1.54, 1.807) is 0 Å². The Morgan fingerprint density at radius 2 is 2.00 bits per heavy atom. The van der Waals surface area contributed by atoms with Gasteiger partial charge in [0.25, 0.3) is 0 Å². The normalized spacial score (nSPS) is 18.1. The zero-order valence-corrected chi connectivity index (χ0v) is 13.3. The van der Waals surface area contributed by atoms with Gasteiger partial charge < -0.3 is 9.88 Å². The molecule has 20 heavy (non-hydrogen) atoms. The molecule has 0 bridgehead atoms. The molecule has 6 heteroatoms. The van der Waals surface area contributed by atoms with Gasteiger partial charge in [-0.2, -0.15) is 5.10 Å². The van der Waals surface area contributed by atoms with Gasteiger partial charge in [0.05, 0.1) is 5.69 Å². The Kier molecular flexibility index (Phi) is 3.69. The summed E-state index contributed by atoms with van der Waals surface area (Å²) in [4.78, 5) is 5.78. The van der Waals surface area contributed by atoms with Gasteiger partial charge in [0.2, 0.25) is 0 Å². The standard InChI is InChI=1S/C14H23N5S/c1-4-5-11-12-13(18(3)16-11)19(14(20)15-12)10-6-8-17(2)9-7-10/h10H,4-9H2,1-3H3,(H,15,20). The number of nitrogens with one attached hydrogen (secondary N) is 1. The molecule has 3 heterocycles. The topological polar surface area (TPSA) is 41.8 Å². The van der Waals surface area contributed by atoms with Gasteiger partial charge in [-0.25, -0.2) is 0 Å². The van der Waals surface area contributed by atoms with Gasteiger partial charge in [-0.15, -0.1) is 0 Å². The van der Waals surface area contributed by atoms with Crippen LogP contribution in [0.25, 0.3) is 11.2 Å². The lowest BCUT2D eigenvalue weighted by molar-refractivity contribution is 0.222. The monoisotopic (exact) mass is 293 g/mol. The van der Waals surface area contributed by atoms with E-state index < -0.39 is 0 Å². The first kappa shape index (κ1) is 13.8. The Morgan fingerprint density at radius 3 is 2.65 bits per heavy atom. The maximum Gasteiger partial charge on any atom is 0.179 e. The second-order valence-corrected chi connectivity index (χ2v) is 6.24. The van der Waals surface area contributed by atoms with E-state index in [0.29, 0.717) is 6.04 Å². The van der Waals surface area contributed by atoms with Crippen LogP contribution in [0, 0.1) is 4.77 Å². The van der Waals surface area contributed by atoms with Gasteiger partial charge in [-0.05, 0) is 51.6 Å². The Hall–Kier alpha value is -1.14.